The number of rotatable bonds is 4. The molecule has 0 aliphatic carbocycles. The Morgan fingerprint density at radius 3 is 2.50 bits per heavy atom. The molecule has 0 bridgehead atoms. The fourth-order valence-electron chi connectivity index (χ4n) is 4.00. The number of aromatic nitrogens is 2. The Labute approximate surface area is 198 Å². The molecule has 0 fully saturated rings. The van der Waals surface area contributed by atoms with Crippen LogP contribution in [0.15, 0.2) is 88.7 Å². The molecule has 0 amide bonds. The summed E-state index contributed by atoms with van der Waals surface area (Å²) in [4.78, 5) is 12.4. The normalized spacial score (nSPS) is 16.0. The van der Waals surface area contributed by atoms with Gasteiger partial charge in [-0.2, -0.15) is 5.10 Å². The van der Waals surface area contributed by atoms with Crippen molar-refractivity contribution >= 4 is 56.8 Å². The molecule has 1 aliphatic rings. The maximum absolute atomic E-state index is 6.33. The minimum absolute atomic E-state index is 0.0699. The van der Waals surface area contributed by atoms with E-state index < -0.39 is 0 Å². The van der Waals surface area contributed by atoms with Crippen LogP contribution in [0.4, 0.5) is 5.95 Å². The molecule has 1 atom stereocenters. The lowest BCUT2D eigenvalue weighted by Gasteiger charge is -2.21. The highest BCUT2D eigenvalue weighted by Gasteiger charge is 2.33. The Balaban J connectivity index is 1.55. The quantitative estimate of drug-likeness (QED) is 0.273. The highest BCUT2D eigenvalue weighted by molar-refractivity contribution is 7.12. The van der Waals surface area contributed by atoms with Gasteiger partial charge >= 0.3 is 0 Å². The second-order valence-electron chi connectivity index (χ2n) is 7.50. The Morgan fingerprint density at radius 2 is 1.72 bits per heavy atom. The molecule has 4 nitrogen and oxygen atoms in total. The molecule has 7 heteroatoms. The Bertz CT molecular complexity index is 1410. The van der Waals surface area contributed by atoms with E-state index in [1.165, 1.54) is 9.75 Å². The third-order valence-corrected chi connectivity index (χ3v) is 7.61. The zero-order valence-corrected chi connectivity index (χ0v) is 19.2. The lowest BCUT2D eigenvalue weighted by atomic mass is 10.1. The van der Waals surface area contributed by atoms with E-state index in [1.807, 2.05) is 41.4 Å². The maximum Gasteiger partial charge on any atom is 0.247 e. The standard InChI is InChI=1S/C25H17ClN4S2/c26-17-10-11-19-18(14-17)24(16-6-2-1-3-7-16)28-25(27-19)30-21(23-9-5-13-32-23)15-20(29-30)22-8-4-12-31-22/h1-14,21H,15H2/t21-/m0/s1. The smallest absolute Gasteiger partial charge is 0.223 e. The van der Waals surface area contributed by atoms with Crippen molar-refractivity contribution in [3.8, 4) is 11.3 Å². The van der Waals surface area contributed by atoms with E-state index >= 15 is 0 Å². The molecular weight excluding hydrogens is 456 g/mol. The predicted octanol–water partition coefficient (Wildman–Crippen LogP) is 7.43. The van der Waals surface area contributed by atoms with Crippen molar-refractivity contribution in [2.24, 2.45) is 5.10 Å². The molecule has 0 saturated carbocycles. The van der Waals surface area contributed by atoms with Crippen LogP contribution in [0.1, 0.15) is 22.2 Å². The largest absolute Gasteiger partial charge is 0.247 e. The topological polar surface area (TPSA) is 41.4 Å². The van der Waals surface area contributed by atoms with Crippen LogP contribution in [-0.4, -0.2) is 15.7 Å². The number of thiophene rings is 2. The van der Waals surface area contributed by atoms with Gasteiger partial charge in [-0.05, 0) is 41.1 Å². The van der Waals surface area contributed by atoms with Gasteiger partial charge in [0.1, 0.15) is 0 Å². The summed E-state index contributed by atoms with van der Waals surface area (Å²) in [5.74, 6) is 0.601. The summed E-state index contributed by atoms with van der Waals surface area (Å²) in [5, 5.41) is 12.8. The third kappa shape index (κ3) is 3.50. The van der Waals surface area contributed by atoms with Crippen molar-refractivity contribution in [2.45, 2.75) is 12.5 Å². The van der Waals surface area contributed by atoms with E-state index in [0.717, 1.165) is 34.3 Å². The summed E-state index contributed by atoms with van der Waals surface area (Å²) < 4.78 is 0. The lowest BCUT2D eigenvalue weighted by molar-refractivity contribution is 0.700. The van der Waals surface area contributed by atoms with Crippen molar-refractivity contribution in [3.63, 3.8) is 0 Å². The second kappa shape index (κ2) is 8.13. The molecule has 5 aromatic rings. The number of nitrogens with zero attached hydrogens (tertiary/aromatic N) is 4. The minimum atomic E-state index is 0.0699. The number of benzene rings is 2. The fraction of sp³-hybridized carbons (Fsp3) is 0.0800. The van der Waals surface area contributed by atoms with Gasteiger partial charge in [-0.15, -0.1) is 22.7 Å². The van der Waals surface area contributed by atoms with Gasteiger partial charge in [0.25, 0.3) is 0 Å². The first kappa shape index (κ1) is 19.6. The van der Waals surface area contributed by atoms with Crippen molar-refractivity contribution in [3.05, 3.63) is 98.3 Å². The van der Waals surface area contributed by atoms with Gasteiger partial charge in [-0.25, -0.2) is 15.0 Å². The summed E-state index contributed by atoms with van der Waals surface area (Å²) in [5.41, 5.74) is 3.80. The van der Waals surface area contributed by atoms with E-state index in [9.17, 15) is 0 Å². The van der Waals surface area contributed by atoms with Crippen LogP contribution in [0.25, 0.3) is 22.2 Å². The first-order valence-corrected chi connectivity index (χ1v) is 12.4. The maximum atomic E-state index is 6.33. The molecular formula is C25H17ClN4S2. The van der Waals surface area contributed by atoms with Crippen molar-refractivity contribution in [1.29, 1.82) is 0 Å². The first-order chi connectivity index (χ1) is 15.8. The third-order valence-electron chi connectivity index (χ3n) is 5.49. The summed E-state index contributed by atoms with van der Waals surface area (Å²) in [6.45, 7) is 0. The van der Waals surface area contributed by atoms with Crippen LogP contribution >= 0.6 is 34.3 Å². The predicted molar refractivity (Wildman–Crippen MR) is 135 cm³/mol. The molecule has 2 aromatic carbocycles. The number of hydrogen-bond acceptors (Lipinski definition) is 6. The van der Waals surface area contributed by atoms with Gasteiger partial charge in [0.05, 0.1) is 27.8 Å². The van der Waals surface area contributed by atoms with Crippen LogP contribution < -0.4 is 5.01 Å². The average Bonchev–Trinajstić information content (AvgIpc) is 3.60. The van der Waals surface area contributed by atoms with Crippen LogP contribution in [-0.2, 0) is 0 Å². The Hall–Kier alpha value is -3.06. The zero-order valence-electron chi connectivity index (χ0n) is 16.9. The average molecular weight is 473 g/mol. The second-order valence-corrected chi connectivity index (χ2v) is 9.87. The Morgan fingerprint density at radius 1 is 0.875 bits per heavy atom. The lowest BCUT2D eigenvalue weighted by Crippen LogP contribution is -2.20. The summed E-state index contributed by atoms with van der Waals surface area (Å²) in [7, 11) is 0. The number of anilines is 1. The highest BCUT2D eigenvalue weighted by Crippen LogP contribution is 2.39. The van der Waals surface area contributed by atoms with E-state index in [2.05, 4.69) is 47.2 Å². The van der Waals surface area contributed by atoms with Gasteiger partial charge in [0.15, 0.2) is 0 Å². The van der Waals surface area contributed by atoms with Gasteiger partial charge in [0, 0.05) is 27.3 Å². The van der Waals surface area contributed by atoms with Crippen LogP contribution in [0, 0.1) is 0 Å². The van der Waals surface area contributed by atoms with Crippen molar-refractivity contribution < 1.29 is 0 Å². The zero-order chi connectivity index (χ0) is 21.5. The summed E-state index contributed by atoms with van der Waals surface area (Å²) >= 11 is 9.78. The van der Waals surface area contributed by atoms with E-state index in [-0.39, 0.29) is 6.04 Å². The van der Waals surface area contributed by atoms with Crippen LogP contribution in [0.2, 0.25) is 5.02 Å². The molecule has 0 saturated heterocycles. The number of hydrogen-bond donors (Lipinski definition) is 0. The summed E-state index contributed by atoms with van der Waals surface area (Å²) in [6.07, 6.45) is 0.823. The SMILES string of the molecule is Clc1ccc2nc(N3N=C(c4cccs4)C[C@H]3c3cccs3)nc(-c3ccccc3)c2c1. The number of hydrazone groups is 1. The van der Waals surface area contributed by atoms with Gasteiger partial charge in [0.2, 0.25) is 5.95 Å². The van der Waals surface area contributed by atoms with Gasteiger partial charge < -0.3 is 0 Å². The molecule has 0 radical (unpaired) electrons. The van der Waals surface area contributed by atoms with Gasteiger partial charge in [-0.1, -0.05) is 54.1 Å². The molecule has 6 rings (SSSR count). The first-order valence-electron chi connectivity index (χ1n) is 10.2. The Kier molecular flexibility index (Phi) is 4.98. The van der Waals surface area contributed by atoms with Gasteiger partial charge in [-0.3, -0.25) is 0 Å². The molecule has 1 aliphatic heterocycles. The molecule has 32 heavy (non-hydrogen) atoms. The van der Waals surface area contributed by atoms with E-state index in [0.29, 0.717) is 11.0 Å². The number of fused-ring (bicyclic) bond motifs is 1. The molecule has 0 N–H and O–H groups in total. The molecule has 0 unspecified atom stereocenters. The van der Waals surface area contributed by atoms with E-state index in [1.54, 1.807) is 22.7 Å². The molecule has 0 spiro atoms. The summed E-state index contributed by atoms with van der Waals surface area (Å²) in [6, 6.07) is 24.4. The minimum Gasteiger partial charge on any atom is -0.223 e. The molecule has 156 valence electrons. The van der Waals surface area contributed by atoms with Crippen LogP contribution in [0.3, 0.4) is 0 Å². The van der Waals surface area contributed by atoms with Crippen LogP contribution in [0.5, 0.6) is 0 Å². The monoisotopic (exact) mass is 472 g/mol. The van der Waals surface area contributed by atoms with Crippen molar-refractivity contribution in [2.75, 3.05) is 5.01 Å². The van der Waals surface area contributed by atoms with Crippen molar-refractivity contribution in [1.82, 2.24) is 9.97 Å². The molecule has 4 heterocycles. The number of halogens is 1. The molecule has 3 aromatic heterocycles. The highest BCUT2D eigenvalue weighted by atomic mass is 35.5. The fourth-order valence-corrected chi connectivity index (χ4v) is 5.70. The van der Waals surface area contributed by atoms with E-state index in [4.69, 9.17) is 26.7 Å².